The van der Waals surface area contributed by atoms with Crippen molar-refractivity contribution in [2.45, 2.75) is 39.2 Å². The highest BCUT2D eigenvalue weighted by Gasteiger charge is 2.40. The van der Waals surface area contributed by atoms with Gasteiger partial charge in [0.15, 0.2) is 0 Å². The number of fused-ring (bicyclic) bond motifs is 1. The molecule has 3 rings (SSSR count). The number of carbonyl (C=O) groups is 1. The van der Waals surface area contributed by atoms with Crippen LogP contribution in [-0.4, -0.2) is 11.1 Å². The molecule has 0 spiro atoms. The molecule has 0 aliphatic heterocycles. The summed E-state index contributed by atoms with van der Waals surface area (Å²) in [6.45, 7) is 4.47. The Morgan fingerprint density at radius 2 is 1.87 bits per heavy atom. The summed E-state index contributed by atoms with van der Waals surface area (Å²) in [7, 11) is 0. The van der Waals surface area contributed by atoms with Crippen molar-refractivity contribution in [3.63, 3.8) is 0 Å². The summed E-state index contributed by atoms with van der Waals surface area (Å²) in [5.41, 5.74) is 3.71. The maximum absolute atomic E-state index is 10.6. The van der Waals surface area contributed by atoms with Crippen LogP contribution in [0.1, 0.15) is 43.1 Å². The monoisotopic (exact) mass is 310 g/mol. The first-order valence-corrected chi connectivity index (χ1v) is 8.01. The van der Waals surface area contributed by atoms with Gasteiger partial charge in [0.25, 0.3) is 0 Å². The number of hydrogen-bond acceptors (Lipinski definition) is 2. The summed E-state index contributed by atoms with van der Waals surface area (Å²) >= 11 is 0. The van der Waals surface area contributed by atoms with E-state index in [0.29, 0.717) is 6.42 Å². The van der Waals surface area contributed by atoms with Crippen molar-refractivity contribution in [2.75, 3.05) is 0 Å². The minimum atomic E-state index is -0.769. The second-order valence-corrected chi connectivity index (χ2v) is 6.90. The number of carboxylic acid groups (broad SMARTS) is 1. The average Bonchev–Trinajstić information content (AvgIpc) is 2.77. The van der Waals surface area contributed by atoms with E-state index in [1.807, 2.05) is 24.3 Å². The predicted octanol–water partition coefficient (Wildman–Crippen LogP) is 4.41. The van der Waals surface area contributed by atoms with E-state index in [1.54, 1.807) is 0 Å². The van der Waals surface area contributed by atoms with Crippen LogP contribution in [0, 0.1) is 5.41 Å². The highest BCUT2D eigenvalue weighted by molar-refractivity contribution is 5.67. The Balaban J connectivity index is 1.75. The maximum Gasteiger partial charge on any atom is 0.303 e. The van der Waals surface area contributed by atoms with Gasteiger partial charge in [-0.15, -0.1) is 0 Å². The summed E-state index contributed by atoms with van der Waals surface area (Å²) < 4.78 is 6.28. The van der Waals surface area contributed by atoms with Crippen LogP contribution in [0.4, 0.5) is 0 Å². The molecule has 120 valence electrons. The summed E-state index contributed by atoms with van der Waals surface area (Å²) in [4.78, 5) is 10.6. The number of benzene rings is 2. The zero-order valence-corrected chi connectivity index (χ0v) is 13.6. The average molecular weight is 310 g/mol. The second-order valence-electron chi connectivity index (χ2n) is 6.90. The number of ether oxygens (including phenoxy) is 1. The zero-order chi connectivity index (χ0) is 16.4. The molecule has 23 heavy (non-hydrogen) atoms. The molecule has 3 heteroatoms. The number of aliphatic carboxylic acids is 1. The van der Waals surface area contributed by atoms with Crippen LogP contribution in [0.2, 0.25) is 0 Å². The lowest BCUT2D eigenvalue weighted by molar-refractivity contribution is -0.136. The van der Waals surface area contributed by atoms with Gasteiger partial charge in [-0.05, 0) is 41.7 Å². The van der Waals surface area contributed by atoms with Gasteiger partial charge >= 0.3 is 5.97 Å². The van der Waals surface area contributed by atoms with Gasteiger partial charge in [-0.1, -0.05) is 50.2 Å². The lowest BCUT2D eigenvalue weighted by Gasteiger charge is -2.28. The van der Waals surface area contributed by atoms with Gasteiger partial charge in [-0.25, -0.2) is 0 Å². The van der Waals surface area contributed by atoms with Crippen LogP contribution in [0.15, 0.2) is 48.5 Å². The van der Waals surface area contributed by atoms with Crippen LogP contribution < -0.4 is 4.74 Å². The quantitative estimate of drug-likeness (QED) is 0.890. The lowest BCUT2D eigenvalue weighted by Crippen LogP contribution is -2.22. The normalized spacial score (nSPS) is 18.4. The molecular weight excluding hydrogens is 288 g/mol. The minimum absolute atomic E-state index is 0.0450. The first kappa shape index (κ1) is 15.6. The van der Waals surface area contributed by atoms with Gasteiger partial charge in [-0.2, -0.15) is 0 Å². The second kappa shape index (κ2) is 6.07. The maximum atomic E-state index is 10.6. The van der Waals surface area contributed by atoms with Crippen molar-refractivity contribution >= 4 is 5.97 Å². The van der Waals surface area contributed by atoms with Crippen LogP contribution in [0.5, 0.6) is 5.75 Å². The molecule has 1 atom stereocenters. The van der Waals surface area contributed by atoms with E-state index in [4.69, 9.17) is 9.84 Å². The molecule has 0 heterocycles. The van der Waals surface area contributed by atoms with Crippen molar-refractivity contribution in [3.8, 4) is 5.75 Å². The third kappa shape index (κ3) is 3.39. The third-order valence-corrected chi connectivity index (χ3v) is 4.50. The number of carboxylic acids is 1. The van der Waals surface area contributed by atoms with E-state index < -0.39 is 5.97 Å². The Morgan fingerprint density at radius 3 is 2.57 bits per heavy atom. The summed E-state index contributed by atoms with van der Waals surface area (Å²) in [6, 6.07) is 16.2. The van der Waals surface area contributed by atoms with E-state index >= 15 is 0 Å². The summed E-state index contributed by atoms with van der Waals surface area (Å²) in [5.74, 6) is 0.0634. The van der Waals surface area contributed by atoms with Crippen molar-refractivity contribution in [2.24, 2.45) is 5.41 Å². The molecule has 0 bridgehead atoms. The third-order valence-electron chi connectivity index (χ3n) is 4.50. The van der Waals surface area contributed by atoms with Crippen molar-refractivity contribution in [1.82, 2.24) is 0 Å². The molecule has 0 radical (unpaired) electrons. The molecule has 1 aliphatic carbocycles. The molecule has 2 aromatic carbocycles. The molecular formula is C20H22O3. The minimum Gasteiger partial charge on any atom is -0.485 e. The summed E-state index contributed by atoms with van der Waals surface area (Å²) in [5, 5.41) is 8.75. The molecule has 1 N–H and O–H groups in total. The highest BCUT2D eigenvalue weighted by atomic mass is 16.5. The molecule has 0 saturated carbocycles. The Bertz CT molecular complexity index is 701. The van der Waals surface area contributed by atoms with E-state index in [2.05, 4.69) is 38.1 Å². The molecule has 0 saturated heterocycles. The molecule has 0 amide bonds. The number of aryl methyl sites for hydroxylation is 1. The van der Waals surface area contributed by atoms with Gasteiger partial charge in [0.2, 0.25) is 0 Å². The Kier molecular flexibility index (Phi) is 4.12. The van der Waals surface area contributed by atoms with Crippen LogP contribution in [0.3, 0.4) is 0 Å². The molecule has 1 unspecified atom stereocenters. The SMILES string of the molecule is CC1(C)Cc2ccccc2C1Oc1ccc(CCC(=O)O)cc1. The Hall–Kier alpha value is -2.29. The van der Waals surface area contributed by atoms with Gasteiger partial charge in [-0.3, -0.25) is 4.79 Å². The zero-order valence-electron chi connectivity index (χ0n) is 13.6. The summed E-state index contributed by atoms with van der Waals surface area (Å²) in [6.07, 6.45) is 1.77. The lowest BCUT2D eigenvalue weighted by atomic mass is 9.87. The number of rotatable bonds is 5. The largest absolute Gasteiger partial charge is 0.485 e. The van der Waals surface area contributed by atoms with Gasteiger partial charge in [0.05, 0.1) is 0 Å². The molecule has 3 nitrogen and oxygen atoms in total. The van der Waals surface area contributed by atoms with Gasteiger partial charge in [0.1, 0.15) is 11.9 Å². The Labute approximate surface area is 136 Å². The van der Waals surface area contributed by atoms with E-state index in [0.717, 1.165) is 17.7 Å². The van der Waals surface area contributed by atoms with Crippen LogP contribution in [-0.2, 0) is 17.6 Å². The van der Waals surface area contributed by atoms with E-state index in [-0.39, 0.29) is 17.9 Å². The standard InChI is InChI=1S/C20H22O3/c1-20(2)13-15-5-3-4-6-17(15)19(20)23-16-10-7-14(8-11-16)9-12-18(21)22/h3-8,10-11,19H,9,12-13H2,1-2H3,(H,21,22). The fourth-order valence-electron chi connectivity index (χ4n) is 3.30. The van der Waals surface area contributed by atoms with Gasteiger partial charge in [0, 0.05) is 11.8 Å². The van der Waals surface area contributed by atoms with Crippen molar-refractivity contribution in [1.29, 1.82) is 0 Å². The smallest absolute Gasteiger partial charge is 0.303 e. The molecule has 0 fully saturated rings. The molecule has 1 aliphatic rings. The highest BCUT2D eigenvalue weighted by Crippen LogP contribution is 2.47. The van der Waals surface area contributed by atoms with Crippen molar-refractivity contribution < 1.29 is 14.6 Å². The van der Waals surface area contributed by atoms with Crippen LogP contribution in [0.25, 0.3) is 0 Å². The first-order valence-electron chi connectivity index (χ1n) is 8.01. The predicted molar refractivity (Wildman–Crippen MR) is 89.7 cm³/mol. The first-order chi connectivity index (χ1) is 11.0. The Morgan fingerprint density at radius 1 is 1.17 bits per heavy atom. The van der Waals surface area contributed by atoms with Crippen molar-refractivity contribution in [3.05, 3.63) is 65.2 Å². The number of hydrogen-bond donors (Lipinski definition) is 1. The molecule has 2 aromatic rings. The van der Waals surface area contributed by atoms with E-state index in [1.165, 1.54) is 11.1 Å². The molecule has 0 aromatic heterocycles. The fraction of sp³-hybridized carbons (Fsp3) is 0.350. The van der Waals surface area contributed by atoms with E-state index in [9.17, 15) is 4.79 Å². The fourth-order valence-corrected chi connectivity index (χ4v) is 3.30. The van der Waals surface area contributed by atoms with Gasteiger partial charge < -0.3 is 9.84 Å². The topological polar surface area (TPSA) is 46.5 Å². The van der Waals surface area contributed by atoms with Crippen LogP contribution >= 0.6 is 0 Å².